The zero-order valence-electron chi connectivity index (χ0n) is 10.1. The Morgan fingerprint density at radius 2 is 2.19 bits per heavy atom. The van der Waals surface area contributed by atoms with Crippen LogP contribution in [-0.2, 0) is 6.42 Å². The minimum Gasteiger partial charge on any atom is -0.395 e. The van der Waals surface area contributed by atoms with Crippen molar-refractivity contribution in [3.8, 4) is 0 Å². The topological polar surface area (TPSA) is 32.3 Å². The van der Waals surface area contributed by atoms with Gasteiger partial charge in [-0.2, -0.15) is 0 Å². The van der Waals surface area contributed by atoms with E-state index in [0.29, 0.717) is 12.0 Å². The number of rotatable bonds is 4. The second-order valence-corrected chi connectivity index (χ2v) is 4.81. The first-order valence-corrected chi connectivity index (χ1v) is 6.21. The lowest BCUT2D eigenvalue weighted by atomic mass is 10.0. The molecular formula is C14H21NO. The SMILES string of the molecule is CC[C@H](CO)NC1c2ccccc2CC1C. The fraction of sp³-hybridized carbons (Fsp3) is 0.571. The maximum Gasteiger partial charge on any atom is 0.0584 e. The van der Waals surface area contributed by atoms with Crippen molar-refractivity contribution in [1.29, 1.82) is 0 Å². The Kier molecular flexibility index (Phi) is 3.62. The van der Waals surface area contributed by atoms with Gasteiger partial charge < -0.3 is 10.4 Å². The van der Waals surface area contributed by atoms with Crippen LogP contribution in [0.15, 0.2) is 24.3 Å². The highest BCUT2D eigenvalue weighted by Crippen LogP contribution is 2.35. The summed E-state index contributed by atoms with van der Waals surface area (Å²) in [6, 6.07) is 9.27. The number of aliphatic hydroxyl groups is 1. The van der Waals surface area contributed by atoms with Crippen LogP contribution in [0.1, 0.15) is 37.4 Å². The summed E-state index contributed by atoms with van der Waals surface area (Å²) < 4.78 is 0. The van der Waals surface area contributed by atoms with E-state index < -0.39 is 0 Å². The van der Waals surface area contributed by atoms with Gasteiger partial charge in [0, 0.05) is 12.1 Å². The Bertz CT molecular complexity index is 346. The van der Waals surface area contributed by atoms with Gasteiger partial charge in [0.1, 0.15) is 0 Å². The van der Waals surface area contributed by atoms with E-state index in [1.165, 1.54) is 11.1 Å². The summed E-state index contributed by atoms with van der Waals surface area (Å²) in [5, 5.41) is 12.8. The molecule has 2 nitrogen and oxygen atoms in total. The van der Waals surface area contributed by atoms with Crippen molar-refractivity contribution in [2.24, 2.45) is 5.92 Å². The summed E-state index contributed by atoms with van der Waals surface area (Å²) in [6.07, 6.45) is 2.12. The fourth-order valence-corrected chi connectivity index (χ4v) is 2.60. The van der Waals surface area contributed by atoms with E-state index in [1.807, 2.05) is 0 Å². The third-order valence-corrected chi connectivity index (χ3v) is 3.63. The standard InChI is InChI=1S/C14H21NO/c1-3-12(9-16)15-14-10(2)8-11-6-4-5-7-13(11)14/h4-7,10,12,14-16H,3,8-9H2,1-2H3/t10?,12-,14?/m1/s1. The normalized spacial score (nSPS) is 25.4. The van der Waals surface area contributed by atoms with Crippen LogP contribution in [0.3, 0.4) is 0 Å². The predicted molar refractivity (Wildman–Crippen MR) is 66.4 cm³/mol. The molecule has 1 aromatic carbocycles. The van der Waals surface area contributed by atoms with Gasteiger partial charge in [-0.25, -0.2) is 0 Å². The summed E-state index contributed by atoms with van der Waals surface area (Å²) in [4.78, 5) is 0. The summed E-state index contributed by atoms with van der Waals surface area (Å²) >= 11 is 0. The molecule has 2 rings (SSSR count). The molecule has 2 N–H and O–H groups in total. The number of hydrogen-bond donors (Lipinski definition) is 2. The van der Waals surface area contributed by atoms with Gasteiger partial charge in [-0.15, -0.1) is 0 Å². The lowest BCUT2D eigenvalue weighted by Crippen LogP contribution is -2.36. The van der Waals surface area contributed by atoms with Gasteiger partial charge in [-0.05, 0) is 29.9 Å². The van der Waals surface area contributed by atoms with E-state index in [2.05, 4.69) is 43.4 Å². The average Bonchev–Trinajstić information content (AvgIpc) is 2.62. The molecule has 0 bridgehead atoms. The number of benzene rings is 1. The Labute approximate surface area is 97.7 Å². The highest BCUT2D eigenvalue weighted by atomic mass is 16.3. The Hall–Kier alpha value is -0.860. The molecule has 0 fully saturated rings. The van der Waals surface area contributed by atoms with Crippen molar-refractivity contribution < 1.29 is 5.11 Å². The van der Waals surface area contributed by atoms with Gasteiger partial charge in [0.15, 0.2) is 0 Å². The number of aliphatic hydroxyl groups excluding tert-OH is 1. The molecule has 0 saturated heterocycles. The number of fused-ring (bicyclic) bond motifs is 1. The van der Waals surface area contributed by atoms with Crippen LogP contribution < -0.4 is 5.32 Å². The summed E-state index contributed by atoms with van der Waals surface area (Å²) in [5.41, 5.74) is 2.88. The first-order chi connectivity index (χ1) is 7.76. The Morgan fingerprint density at radius 3 is 2.88 bits per heavy atom. The molecule has 0 heterocycles. The molecule has 1 aliphatic rings. The minimum absolute atomic E-state index is 0.221. The smallest absolute Gasteiger partial charge is 0.0584 e. The first kappa shape index (κ1) is 11.6. The molecule has 1 aliphatic carbocycles. The van der Waals surface area contributed by atoms with Crippen molar-refractivity contribution in [3.05, 3.63) is 35.4 Å². The summed E-state index contributed by atoms with van der Waals surface area (Å²) in [6.45, 7) is 4.61. The highest BCUT2D eigenvalue weighted by Gasteiger charge is 2.29. The lowest BCUT2D eigenvalue weighted by molar-refractivity contribution is 0.218. The lowest BCUT2D eigenvalue weighted by Gasteiger charge is -2.24. The van der Waals surface area contributed by atoms with Crippen molar-refractivity contribution in [3.63, 3.8) is 0 Å². The maximum atomic E-state index is 9.26. The Morgan fingerprint density at radius 1 is 1.44 bits per heavy atom. The van der Waals surface area contributed by atoms with E-state index in [9.17, 15) is 5.11 Å². The van der Waals surface area contributed by atoms with Gasteiger partial charge in [0.25, 0.3) is 0 Å². The van der Waals surface area contributed by atoms with Gasteiger partial charge >= 0.3 is 0 Å². The molecular weight excluding hydrogens is 198 g/mol. The van der Waals surface area contributed by atoms with Crippen LogP contribution in [-0.4, -0.2) is 17.8 Å². The maximum absolute atomic E-state index is 9.26. The summed E-state index contributed by atoms with van der Waals surface area (Å²) in [7, 11) is 0. The highest BCUT2D eigenvalue weighted by molar-refractivity contribution is 5.35. The first-order valence-electron chi connectivity index (χ1n) is 6.21. The minimum atomic E-state index is 0.221. The number of nitrogens with one attached hydrogen (secondary N) is 1. The fourth-order valence-electron chi connectivity index (χ4n) is 2.60. The molecule has 0 aliphatic heterocycles. The zero-order chi connectivity index (χ0) is 11.5. The largest absolute Gasteiger partial charge is 0.395 e. The van der Waals surface area contributed by atoms with Crippen LogP contribution in [0.4, 0.5) is 0 Å². The third-order valence-electron chi connectivity index (χ3n) is 3.63. The van der Waals surface area contributed by atoms with Crippen LogP contribution in [0.5, 0.6) is 0 Å². The second-order valence-electron chi connectivity index (χ2n) is 4.81. The van der Waals surface area contributed by atoms with Gasteiger partial charge in [-0.3, -0.25) is 0 Å². The molecule has 3 atom stereocenters. The molecule has 0 amide bonds. The summed E-state index contributed by atoms with van der Waals surface area (Å²) in [5.74, 6) is 0.623. The van der Waals surface area contributed by atoms with Crippen molar-refractivity contribution >= 4 is 0 Å². The van der Waals surface area contributed by atoms with Gasteiger partial charge in [0.2, 0.25) is 0 Å². The molecule has 0 saturated carbocycles. The van der Waals surface area contributed by atoms with Crippen LogP contribution in [0, 0.1) is 5.92 Å². The van der Waals surface area contributed by atoms with E-state index in [4.69, 9.17) is 0 Å². The van der Waals surface area contributed by atoms with Crippen molar-refractivity contribution in [2.75, 3.05) is 6.61 Å². The molecule has 0 aromatic heterocycles. The third kappa shape index (κ3) is 2.13. The molecule has 0 spiro atoms. The van der Waals surface area contributed by atoms with Crippen molar-refractivity contribution in [2.45, 2.75) is 38.8 Å². The molecule has 16 heavy (non-hydrogen) atoms. The van der Waals surface area contributed by atoms with Gasteiger partial charge in [0.05, 0.1) is 6.61 Å². The molecule has 88 valence electrons. The quantitative estimate of drug-likeness (QED) is 0.814. The molecule has 0 radical (unpaired) electrons. The van der Waals surface area contributed by atoms with Gasteiger partial charge in [-0.1, -0.05) is 38.1 Å². The van der Waals surface area contributed by atoms with E-state index in [-0.39, 0.29) is 12.6 Å². The zero-order valence-corrected chi connectivity index (χ0v) is 10.1. The van der Waals surface area contributed by atoms with E-state index in [0.717, 1.165) is 12.8 Å². The van der Waals surface area contributed by atoms with Crippen LogP contribution in [0.2, 0.25) is 0 Å². The average molecular weight is 219 g/mol. The van der Waals surface area contributed by atoms with Crippen molar-refractivity contribution in [1.82, 2.24) is 5.32 Å². The van der Waals surface area contributed by atoms with Crippen LogP contribution in [0.25, 0.3) is 0 Å². The monoisotopic (exact) mass is 219 g/mol. The number of hydrogen-bond acceptors (Lipinski definition) is 2. The van der Waals surface area contributed by atoms with Crippen LogP contribution >= 0.6 is 0 Å². The predicted octanol–water partition coefficient (Wildman–Crippen LogP) is 2.28. The van der Waals surface area contributed by atoms with E-state index in [1.54, 1.807) is 0 Å². The molecule has 2 heteroatoms. The molecule has 1 aromatic rings. The van der Waals surface area contributed by atoms with E-state index >= 15 is 0 Å². The second kappa shape index (κ2) is 4.98. The molecule has 2 unspecified atom stereocenters. The Balaban J connectivity index is 2.15.